The van der Waals surface area contributed by atoms with Gasteiger partial charge in [0.2, 0.25) is 0 Å². The van der Waals surface area contributed by atoms with Crippen LogP contribution < -0.4 is 10.7 Å². The second-order valence-electron chi connectivity index (χ2n) is 7.70. The summed E-state index contributed by atoms with van der Waals surface area (Å²) in [7, 11) is 0. The van der Waals surface area contributed by atoms with Crippen molar-refractivity contribution in [2.45, 2.75) is 76.3 Å². The lowest BCUT2D eigenvalue weighted by Gasteiger charge is -2.48. The fourth-order valence-corrected chi connectivity index (χ4v) is 4.48. The number of hydrogen-bond donors (Lipinski definition) is 2. The van der Waals surface area contributed by atoms with Crippen LogP contribution in [0.1, 0.15) is 81.0 Å². The number of nitrogens with one attached hydrogen (secondary N) is 2. The van der Waals surface area contributed by atoms with Crippen molar-refractivity contribution >= 4 is 11.6 Å². The van der Waals surface area contributed by atoms with E-state index in [1.54, 1.807) is 0 Å². The molecule has 0 atom stereocenters. The highest BCUT2D eigenvalue weighted by Crippen LogP contribution is 2.39. The molecular weight excluding hydrogens is 310 g/mol. The van der Waals surface area contributed by atoms with Crippen LogP contribution in [-0.4, -0.2) is 16.6 Å². The van der Waals surface area contributed by atoms with E-state index in [1.165, 1.54) is 50.6 Å². The normalized spacial score (nSPS) is 23.1. The van der Waals surface area contributed by atoms with E-state index in [0.717, 1.165) is 36.9 Å². The second-order valence-corrected chi connectivity index (χ2v) is 7.70. The number of benzene rings is 1. The molecule has 2 N–H and O–H groups in total. The molecule has 1 spiro atoms. The molecule has 0 radical (unpaired) electrons. The van der Waals surface area contributed by atoms with E-state index in [1.807, 2.05) is 29.3 Å². The monoisotopic (exact) mass is 339 g/mol. The maximum atomic E-state index is 13.4. The number of fused-ring (bicyclic) bond motifs is 1. The molecule has 4 heteroatoms. The molecule has 0 unspecified atom stereocenters. The summed E-state index contributed by atoms with van der Waals surface area (Å²) in [5.41, 5.74) is 6.25. The number of nitrogens with zero attached hydrogens (tertiary/aromatic N) is 1. The third-order valence-corrected chi connectivity index (χ3v) is 5.88. The van der Waals surface area contributed by atoms with Gasteiger partial charge in [-0.15, -0.1) is 0 Å². The summed E-state index contributed by atoms with van der Waals surface area (Å²) in [5.74, 6) is 0.112. The van der Waals surface area contributed by atoms with Crippen LogP contribution in [0.2, 0.25) is 0 Å². The van der Waals surface area contributed by atoms with Gasteiger partial charge < -0.3 is 5.32 Å². The molecule has 1 heterocycles. The molecule has 1 aromatic carbocycles. The first kappa shape index (κ1) is 16.5. The van der Waals surface area contributed by atoms with E-state index in [9.17, 15) is 4.79 Å². The van der Waals surface area contributed by atoms with E-state index >= 15 is 0 Å². The molecule has 4 rings (SSSR count). The predicted molar refractivity (Wildman–Crippen MR) is 101 cm³/mol. The number of rotatable bonds is 2. The Hall–Kier alpha value is -1.97. The Morgan fingerprint density at radius 3 is 2.56 bits per heavy atom. The Morgan fingerprint density at radius 1 is 0.960 bits per heavy atom. The second kappa shape index (κ2) is 7.11. The highest BCUT2D eigenvalue weighted by molar-refractivity contribution is 6.02. The topological polar surface area (TPSA) is 44.4 Å². The Kier molecular flexibility index (Phi) is 4.69. The van der Waals surface area contributed by atoms with Gasteiger partial charge in [-0.25, -0.2) is 5.01 Å². The molecule has 1 amide bonds. The Morgan fingerprint density at radius 2 is 1.72 bits per heavy atom. The molecule has 1 aliphatic heterocycles. The van der Waals surface area contributed by atoms with Gasteiger partial charge in [-0.2, -0.15) is 0 Å². The lowest BCUT2D eigenvalue weighted by molar-refractivity contribution is 0.0297. The van der Waals surface area contributed by atoms with E-state index in [0.29, 0.717) is 0 Å². The van der Waals surface area contributed by atoms with Crippen LogP contribution in [0.15, 0.2) is 36.0 Å². The third-order valence-electron chi connectivity index (χ3n) is 5.88. The lowest BCUT2D eigenvalue weighted by Crippen LogP contribution is -2.64. The minimum Gasteiger partial charge on any atom is -0.361 e. The van der Waals surface area contributed by atoms with E-state index in [4.69, 9.17) is 0 Å². The van der Waals surface area contributed by atoms with Gasteiger partial charge in [0.05, 0.1) is 5.56 Å². The van der Waals surface area contributed by atoms with Crippen LogP contribution in [0, 0.1) is 0 Å². The molecule has 0 aromatic heterocycles. The summed E-state index contributed by atoms with van der Waals surface area (Å²) < 4.78 is 0. The highest BCUT2D eigenvalue weighted by Gasteiger charge is 2.45. The van der Waals surface area contributed by atoms with Crippen molar-refractivity contribution in [2.75, 3.05) is 5.32 Å². The first-order chi connectivity index (χ1) is 12.3. The van der Waals surface area contributed by atoms with E-state index in [-0.39, 0.29) is 11.6 Å². The van der Waals surface area contributed by atoms with Crippen molar-refractivity contribution in [1.82, 2.24) is 10.4 Å². The summed E-state index contributed by atoms with van der Waals surface area (Å²) in [6.07, 6.45) is 15.1. The molecule has 134 valence electrons. The van der Waals surface area contributed by atoms with Crippen molar-refractivity contribution < 1.29 is 4.79 Å². The third kappa shape index (κ3) is 3.26. The van der Waals surface area contributed by atoms with Crippen LogP contribution in [0.4, 0.5) is 5.69 Å². The van der Waals surface area contributed by atoms with Gasteiger partial charge in [-0.05, 0) is 63.5 Å². The zero-order valence-electron chi connectivity index (χ0n) is 15.0. The number of anilines is 1. The Bertz CT molecular complexity index is 659. The summed E-state index contributed by atoms with van der Waals surface area (Å²) in [6, 6.07) is 7.94. The number of para-hydroxylation sites is 1. The molecule has 0 saturated heterocycles. The first-order valence-electron chi connectivity index (χ1n) is 9.96. The van der Waals surface area contributed by atoms with Gasteiger partial charge in [0.15, 0.2) is 0 Å². The van der Waals surface area contributed by atoms with E-state index < -0.39 is 0 Å². The van der Waals surface area contributed by atoms with Crippen LogP contribution in [0.25, 0.3) is 0 Å². The maximum Gasteiger partial charge on any atom is 0.276 e. The molecular formula is C21H29N3O. The lowest BCUT2D eigenvalue weighted by atomic mass is 9.94. The van der Waals surface area contributed by atoms with Crippen molar-refractivity contribution in [3.8, 4) is 0 Å². The van der Waals surface area contributed by atoms with Gasteiger partial charge in [-0.1, -0.05) is 37.5 Å². The molecule has 4 nitrogen and oxygen atoms in total. The number of carbonyl (C=O) groups is 1. The van der Waals surface area contributed by atoms with Gasteiger partial charge in [0.1, 0.15) is 5.66 Å². The number of amides is 1. The average Bonchev–Trinajstić information content (AvgIpc) is 3.02. The summed E-state index contributed by atoms with van der Waals surface area (Å²) in [5, 5.41) is 5.70. The molecule has 3 aliphatic rings. The molecule has 1 fully saturated rings. The zero-order valence-corrected chi connectivity index (χ0v) is 15.0. The van der Waals surface area contributed by atoms with Gasteiger partial charge in [0.25, 0.3) is 5.91 Å². The Balaban J connectivity index is 1.69. The fourth-order valence-electron chi connectivity index (χ4n) is 4.48. The van der Waals surface area contributed by atoms with Gasteiger partial charge in [-0.3, -0.25) is 10.2 Å². The standard InChI is InChI=1S/C21H29N3O/c25-20-18-13-7-8-14-19(18)22-21(15-9-3-4-10-16-21)24(20)23-17-11-5-1-2-6-12-17/h7-8,11,13-14,22-23H,1-6,9-10,12,15-16H2. The summed E-state index contributed by atoms with van der Waals surface area (Å²) in [4.78, 5) is 13.4. The molecule has 2 aliphatic carbocycles. The van der Waals surface area contributed by atoms with Gasteiger partial charge >= 0.3 is 0 Å². The first-order valence-corrected chi connectivity index (χ1v) is 9.96. The number of hydrazine groups is 1. The predicted octanol–water partition coefficient (Wildman–Crippen LogP) is 4.96. The number of allylic oxidation sites excluding steroid dienone is 2. The minimum absolute atomic E-state index is 0.112. The van der Waals surface area contributed by atoms with Crippen LogP contribution in [-0.2, 0) is 0 Å². The van der Waals surface area contributed by atoms with Gasteiger partial charge in [0, 0.05) is 11.4 Å². The van der Waals surface area contributed by atoms with Crippen LogP contribution in [0.3, 0.4) is 0 Å². The number of hydrogen-bond acceptors (Lipinski definition) is 3. The molecule has 25 heavy (non-hydrogen) atoms. The zero-order chi connectivity index (χ0) is 17.1. The fraction of sp³-hybridized carbons (Fsp3) is 0.571. The van der Waals surface area contributed by atoms with Crippen molar-refractivity contribution in [3.63, 3.8) is 0 Å². The molecule has 0 bridgehead atoms. The minimum atomic E-state index is -0.297. The molecule has 1 saturated carbocycles. The maximum absolute atomic E-state index is 13.4. The SMILES string of the molecule is O=C1c2ccccc2NC2(CCCCCC2)N1NC1=CCCCCC1. The summed E-state index contributed by atoms with van der Waals surface area (Å²) >= 11 is 0. The van der Waals surface area contributed by atoms with Crippen molar-refractivity contribution in [3.05, 3.63) is 41.6 Å². The van der Waals surface area contributed by atoms with Crippen molar-refractivity contribution in [1.29, 1.82) is 0 Å². The highest BCUT2D eigenvalue weighted by atomic mass is 16.2. The van der Waals surface area contributed by atoms with Crippen molar-refractivity contribution in [2.24, 2.45) is 0 Å². The van der Waals surface area contributed by atoms with Crippen LogP contribution in [0.5, 0.6) is 0 Å². The Labute approximate surface area is 150 Å². The largest absolute Gasteiger partial charge is 0.361 e. The average molecular weight is 339 g/mol. The van der Waals surface area contributed by atoms with Crippen LogP contribution >= 0.6 is 0 Å². The van der Waals surface area contributed by atoms with E-state index in [2.05, 4.69) is 16.8 Å². The smallest absolute Gasteiger partial charge is 0.276 e. The quantitative estimate of drug-likeness (QED) is 0.800. The molecule has 1 aromatic rings. The summed E-state index contributed by atoms with van der Waals surface area (Å²) in [6.45, 7) is 0. The number of carbonyl (C=O) groups excluding carboxylic acids is 1.